The van der Waals surface area contributed by atoms with Gasteiger partial charge in [-0.1, -0.05) is 18.2 Å². The molecule has 2 aromatic rings. The molecule has 8 heteroatoms. The van der Waals surface area contributed by atoms with E-state index in [0.717, 1.165) is 34.1 Å². The lowest BCUT2D eigenvalue weighted by Gasteiger charge is -2.23. The number of ether oxygens (including phenoxy) is 1. The van der Waals surface area contributed by atoms with Crippen molar-refractivity contribution in [2.24, 2.45) is 0 Å². The van der Waals surface area contributed by atoms with Gasteiger partial charge in [-0.2, -0.15) is 16.9 Å². The van der Waals surface area contributed by atoms with Gasteiger partial charge in [-0.15, -0.1) is 0 Å². The van der Waals surface area contributed by atoms with Gasteiger partial charge in [-0.25, -0.2) is 4.68 Å². The molecule has 0 saturated heterocycles. The molecule has 7 nitrogen and oxygen atoms in total. The van der Waals surface area contributed by atoms with Crippen LogP contribution in [0, 0.1) is 0 Å². The first kappa shape index (κ1) is 20.3. The van der Waals surface area contributed by atoms with Crippen molar-refractivity contribution >= 4 is 29.4 Å². The van der Waals surface area contributed by atoms with Gasteiger partial charge in [0.25, 0.3) is 0 Å². The van der Waals surface area contributed by atoms with E-state index in [0.29, 0.717) is 18.8 Å². The van der Waals surface area contributed by atoms with Gasteiger partial charge in [0.05, 0.1) is 18.3 Å². The Balaban J connectivity index is 1.63. The molecular formula is C20H26N4O3S. The van der Waals surface area contributed by atoms with Gasteiger partial charge in [-0.05, 0) is 38.8 Å². The molecule has 0 radical (unpaired) electrons. The third-order valence-corrected chi connectivity index (χ3v) is 5.47. The maximum absolute atomic E-state index is 12.5. The summed E-state index contributed by atoms with van der Waals surface area (Å²) in [6, 6.07) is 7.62. The molecule has 0 aliphatic carbocycles. The molecule has 3 rings (SSSR count). The van der Waals surface area contributed by atoms with E-state index in [1.807, 2.05) is 45.0 Å². The number of aromatic nitrogens is 2. The molecule has 2 amide bonds. The molecule has 2 heterocycles. The number of thioether (sulfide) groups is 1. The number of hydrogen-bond donors (Lipinski definition) is 2. The average Bonchev–Trinajstić information content (AvgIpc) is 3.24. The lowest BCUT2D eigenvalue weighted by atomic mass is 10.1. The summed E-state index contributed by atoms with van der Waals surface area (Å²) in [7, 11) is 1.61. The normalized spacial score (nSPS) is 13.1. The highest BCUT2D eigenvalue weighted by Gasteiger charge is 2.29. The summed E-state index contributed by atoms with van der Waals surface area (Å²) < 4.78 is 7.11. The number of nitrogens with zero attached hydrogens (tertiary/aromatic N) is 2. The largest absolute Gasteiger partial charge is 0.496 e. The van der Waals surface area contributed by atoms with E-state index in [2.05, 4.69) is 15.7 Å². The Morgan fingerprint density at radius 2 is 1.96 bits per heavy atom. The Hall–Kier alpha value is -2.48. The minimum Gasteiger partial charge on any atom is -0.496 e. The van der Waals surface area contributed by atoms with Crippen molar-refractivity contribution in [1.82, 2.24) is 15.1 Å². The van der Waals surface area contributed by atoms with Gasteiger partial charge in [0.1, 0.15) is 11.6 Å². The molecule has 28 heavy (non-hydrogen) atoms. The number of hydrogen-bond acceptors (Lipinski definition) is 5. The van der Waals surface area contributed by atoms with Crippen molar-refractivity contribution in [2.45, 2.75) is 44.2 Å². The molecule has 1 aromatic heterocycles. The van der Waals surface area contributed by atoms with Crippen molar-refractivity contribution in [3.8, 4) is 5.75 Å². The van der Waals surface area contributed by atoms with E-state index in [1.54, 1.807) is 23.6 Å². The molecule has 0 atom stereocenters. The number of rotatable bonds is 5. The quantitative estimate of drug-likeness (QED) is 0.751. The predicted molar refractivity (Wildman–Crippen MR) is 111 cm³/mol. The Morgan fingerprint density at radius 1 is 1.21 bits per heavy atom. The predicted octanol–water partition coefficient (Wildman–Crippen LogP) is 2.69. The van der Waals surface area contributed by atoms with E-state index in [-0.39, 0.29) is 5.54 Å². The van der Waals surface area contributed by atoms with E-state index >= 15 is 0 Å². The number of para-hydroxylation sites is 1. The summed E-state index contributed by atoms with van der Waals surface area (Å²) in [6.45, 7) is 6.40. The van der Waals surface area contributed by atoms with Crippen LogP contribution < -0.4 is 15.4 Å². The molecular weight excluding hydrogens is 376 g/mol. The fourth-order valence-corrected chi connectivity index (χ4v) is 4.13. The number of methoxy groups -OCH3 is 1. The molecule has 1 aliphatic heterocycles. The first-order chi connectivity index (χ1) is 13.3. The van der Waals surface area contributed by atoms with Gasteiger partial charge in [0.15, 0.2) is 0 Å². The highest BCUT2D eigenvalue weighted by Crippen LogP contribution is 2.37. The Kier molecular flexibility index (Phi) is 5.98. The lowest BCUT2D eigenvalue weighted by molar-refractivity contribution is -0.136. The molecule has 0 fully saturated rings. The van der Waals surface area contributed by atoms with Crippen molar-refractivity contribution in [3.05, 3.63) is 41.1 Å². The minimum absolute atomic E-state index is 0.294. The van der Waals surface area contributed by atoms with Crippen LogP contribution in [0.3, 0.4) is 0 Å². The van der Waals surface area contributed by atoms with Crippen LogP contribution in [-0.2, 0) is 33.1 Å². The van der Waals surface area contributed by atoms with Crippen LogP contribution in [0.1, 0.15) is 37.6 Å². The van der Waals surface area contributed by atoms with Crippen LogP contribution >= 0.6 is 11.8 Å². The molecule has 0 saturated carbocycles. The van der Waals surface area contributed by atoms with Crippen LogP contribution in [0.2, 0.25) is 0 Å². The van der Waals surface area contributed by atoms with Crippen LogP contribution in [0.25, 0.3) is 0 Å². The Bertz CT molecular complexity index is 886. The highest BCUT2D eigenvalue weighted by atomic mass is 32.2. The van der Waals surface area contributed by atoms with E-state index in [1.165, 1.54) is 0 Å². The summed E-state index contributed by atoms with van der Waals surface area (Å²) in [5.41, 5.74) is 2.67. The SMILES string of the molecule is COc1ccccc1CCNC(=O)C(=O)Nc1c2c(nn1C(C)(C)C)CSC2. The zero-order valence-electron chi connectivity index (χ0n) is 16.7. The van der Waals surface area contributed by atoms with Crippen molar-refractivity contribution in [3.63, 3.8) is 0 Å². The third kappa shape index (κ3) is 4.32. The number of anilines is 1. The average molecular weight is 403 g/mol. The standard InChI is InChI=1S/C20H26N4O3S/c1-20(2,3)24-17(14-11-28-12-15(14)23-24)22-19(26)18(25)21-10-9-13-7-5-6-8-16(13)27-4/h5-8H,9-12H2,1-4H3,(H,21,25)(H,22,26). The first-order valence-electron chi connectivity index (χ1n) is 9.21. The van der Waals surface area contributed by atoms with E-state index in [9.17, 15) is 9.59 Å². The van der Waals surface area contributed by atoms with Crippen molar-refractivity contribution in [1.29, 1.82) is 0 Å². The number of amides is 2. The second kappa shape index (κ2) is 8.26. The summed E-state index contributed by atoms with van der Waals surface area (Å²) in [5, 5.41) is 10.1. The van der Waals surface area contributed by atoms with E-state index in [4.69, 9.17) is 4.74 Å². The van der Waals surface area contributed by atoms with Gasteiger partial charge >= 0.3 is 11.8 Å². The summed E-state index contributed by atoms with van der Waals surface area (Å²) >= 11 is 1.75. The van der Waals surface area contributed by atoms with Crippen LogP contribution in [0.4, 0.5) is 5.82 Å². The zero-order valence-corrected chi connectivity index (χ0v) is 17.5. The van der Waals surface area contributed by atoms with Gasteiger partial charge < -0.3 is 15.4 Å². The number of fused-ring (bicyclic) bond motifs is 1. The van der Waals surface area contributed by atoms with Crippen LogP contribution in [0.15, 0.2) is 24.3 Å². The summed E-state index contributed by atoms with van der Waals surface area (Å²) in [4.78, 5) is 24.7. The fourth-order valence-electron chi connectivity index (χ4n) is 3.09. The van der Waals surface area contributed by atoms with Crippen molar-refractivity contribution in [2.75, 3.05) is 19.0 Å². The Morgan fingerprint density at radius 3 is 2.68 bits per heavy atom. The molecule has 2 N–H and O–H groups in total. The highest BCUT2D eigenvalue weighted by molar-refractivity contribution is 7.98. The topological polar surface area (TPSA) is 85.2 Å². The van der Waals surface area contributed by atoms with Gasteiger partial charge in [-0.3, -0.25) is 9.59 Å². The monoisotopic (exact) mass is 402 g/mol. The lowest BCUT2D eigenvalue weighted by Crippen LogP contribution is -2.38. The second-order valence-electron chi connectivity index (χ2n) is 7.62. The Labute approximate surface area is 169 Å². The van der Waals surface area contributed by atoms with Gasteiger partial charge in [0.2, 0.25) is 0 Å². The van der Waals surface area contributed by atoms with Crippen LogP contribution in [0.5, 0.6) is 5.75 Å². The second-order valence-corrected chi connectivity index (χ2v) is 8.61. The van der Waals surface area contributed by atoms with Crippen molar-refractivity contribution < 1.29 is 14.3 Å². The zero-order chi connectivity index (χ0) is 20.3. The molecule has 0 bridgehead atoms. The smallest absolute Gasteiger partial charge is 0.314 e. The summed E-state index contributed by atoms with van der Waals surface area (Å²) in [5.74, 6) is 1.67. The van der Waals surface area contributed by atoms with E-state index < -0.39 is 11.8 Å². The molecule has 1 aliphatic rings. The maximum atomic E-state index is 12.5. The third-order valence-electron chi connectivity index (χ3n) is 4.50. The van der Waals surface area contributed by atoms with Gasteiger partial charge in [0, 0.05) is 23.6 Å². The summed E-state index contributed by atoms with van der Waals surface area (Å²) in [6.07, 6.45) is 0.578. The molecule has 0 unspecified atom stereocenters. The molecule has 150 valence electrons. The first-order valence-corrected chi connectivity index (χ1v) is 10.4. The molecule has 0 spiro atoms. The number of benzene rings is 1. The molecule has 1 aromatic carbocycles. The minimum atomic E-state index is -0.676. The number of carbonyl (C=O) groups excluding carboxylic acids is 2. The fraction of sp³-hybridized carbons (Fsp3) is 0.450. The van der Waals surface area contributed by atoms with Crippen LogP contribution in [-0.4, -0.2) is 35.2 Å². The maximum Gasteiger partial charge on any atom is 0.314 e. The number of nitrogens with one attached hydrogen (secondary N) is 2. The number of carbonyl (C=O) groups is 2.